The van der Waals surface area contributed by atoms with Gasteiger partial charge in [0.15, 0.2) is 0 Å². The summed E-state index contributed by atoms with van der Waals surface area (Å²) in [4.78, 5) is 4.74. The average molecular weight is 823 g/mol. The highest BCUT2D eigenvalue weighted by molar-refractivity contribution is 5.89. The molecule has 9 aromatic carbocycles. The molecule has 2 nitrogen and oxygen atoms in total. The van der Waals surface area contributed by atoms with Gasteiger partial charge in [0.1, 0.15) is 0 Å². The van der Waals surface area contributed by atoms with E-state index >= 15 is 0 Å². The van der Waals surface area contributed by atoms with Gasteiger partial charge >= 0.3 is 0 Å². The van der Waals surface area contributed by atoms with E-state index in [1.165, 1.54) is 55.6 Å². The maximum Gasteiger partial charge on any atom is 0.0465 e. The van der Waals surface area contributed by atoms with Crippen LogP contribution in [0.15, 0.2) is 218 Å². The minimum atomic E-state index is -0.0975. The lowest BCUT2D eigenvalue weighted by Gasteiger charge is -2.29. The van der Waals surface area contributed by atoms with Crippen LogP contribution in [0.3, 0.4) is 0 Å². The minimum Gasteiger partial charge on any atom is -0.311 e. The van der Waals surface area contributed by atoms with E-state index in [1.807, 2.05) is 0 Å². The smallest absolute Gasteiger partial charge is 0.0465 e. The molecule has 0 saturated heterocycles. The van der Waals surface area contributed by atoms with Crippen molar-refractivity contribution >= 4 is 46.3 Å². The lowest BCUT2D eigenvalue weighted by molar-refractivity contribution is 0.660. The molecule has 2 aliphatic rings. The summed E-state index contributed by atoms with van der Waals surface area (Å²) in [6, 6.07) is 79.7. The van der Waals surface area contributed by atoms with E-state index in [9.17, 15) is 0 Å². The first-order valence-electron chi connectivity index (χ1n) is 22.4. The molecule has 0 radical (unpaired) electrons. The van der Waals surface area contributed by atoms with E-state index in [0.717, 1.165) is 45.3 Å². The van der Waals surface area contributed by atoms with E-state index in [4.69, 9.17) is 0 Å². The Balaban J connectivity index is 0.874. The van der Waals surface area contributed by atoms with Crippen molar-refractivity contribution in [3.63, 3.8) is 0 Å². The molecule has 0 aliphatic heterocycles. The van der Waals surface area contributed by atoms with Crippen LogP contribution in [0.25, 0.3) is 45.5 Å². The first-order valence-corrected chi connectivity index (χ1v) is 22.4. The van der Waals surface area contributed by atoms with Gasteiger partial charge < -0.3 is 9.80 Å². The van der Waals surface area contributed by atoms with Gasteiger partial charge in [0.2, 0.25) is 0 Å². The Kier molecular flexibility index (Phi) is 9.55. The van der Waals surface area contributed by atoms with Crippen molar-refractivity contribution in [2.24, 2.45) is 0 Å². The molecule has 308 valence electrons. The number of benzene rings is 9. The fourth-order valence-corrected chi connectivity index (χ4v) is 10.2. The van der Waals surface area contributed by atoms with Crippen molar-refractivity contribution in [2.75, 3.05) is 9.80 Å². The normalized spacial score (nSPS) is 13.8. The van der Waals surface area contributed by atoms with E-state index in [-0.39, 0.29) is 10.8 Å². The van der Waals surface area contributed by atoms with Gasteiger partial charge in [0, 0.05) is 45.0 Å². The predicted octanol–water partition coefficient (Wildman–Crippen LogP) is 17.1. The zero-order chi connectivity index (χ0) is 43.4. The zero-order valence-electron chi connectivity index (χ0n) is 36.8. The van der Waals surface area contributed by atoms with Crippen LogP contribution in [-0.2, 0) is 10.8 Å². The Bertz CT molecular complexity index is 3030. The minimum absolute atomic E-state index is 0.0975. The summed E-state index contributed by atoms with van der Waals surface area (Å²) < 4.78 is 0. The van der Waals surface area contributed by atoms with Crippen LogP contribution in [0.2, 0.25) is 0 Å². The summed E-state index contributed by atoms with van der Waals surface area (Å²) in [5, 5.41) is 0. The van der Waals surface area contributed by atoms with E-state index < -0.39 is 0 Å². The topological polar surface area (TPSA) is 6.48 Å². The summed E-state index contributed by atoms with van der Waals surface area (Å²) in [5.74, 6) is 0. The molecule has 9 aromatic rings. The number of hydrogen-bond donors (Lipinski definition) is 0. The van der Waals surface area contributed by atoms with E-state index in [1.54, 1.807) is 0 Å². The molecule has 0 N–H and O–H groups in total. The summed E-state index contributed by atoms with van der Waals surface area (Å²) >= 11 is 0. The maximum atomic E-state index is 2.44. The van der Waals surface area contributed by atoms with E-state index in [0.29, 0.717) is 0 Å². The third-order valence-corrected chi connectivity index (χ3v) is 13.7. The third kappa shape index (κ3) is 6.74. The lowest BCUT2D eigenvalue weighted by Crippen LogP contribution is -2.18. The molecule has 11 rings (SSSR count). The second-order valence-electron chi connectivity index (χ2n) is 18.2. The van der Waals surface area contributed by atoms with Crippen molar-refractivity contribution in [1.82, 2.24) is 0 Å². The molecule has 0 aromatic heterocycles. The zero-order valence-corrected chi connectivity index (χ0v) is 36.8. The molecule has 0 bridgehead atoms. The molecule has 64 heavy (non-hydrogen) atoms. The number of anilines is 6. The van der Waals surface area contributed by atoms with Gasteiger partial charge in [-0.3, -0.25) is 0 Å². The predicted molar refractivity (Wildman–Crippen MR) is 272 cm³/mol. The van der Waals surface area contributed by atoms with Crippen LogP contribution >= 0.6 is 0 Å². The summed E-state index contributed by atoms with van der Waals surface area (Å²) in [5.41, 5.74) is 22.2. The molecular weight excluding hydrogens is 773 g/mol. The monoisotopic (exact) mass is 822 g/mol. The molecule has 2 aliphatic carbocycles. The fourth-order valence-electron chi connectivity index (χ4n) is 10.2. The summed E-state index contributed by atoms with van der Waals surface area (Å²) in [6.07, 6.45) is 4.42. The molecule has 0 heterocycles. The van der Waals surface area contributed by atoms with Gasteiger partial charge in [-0.25, -0.2) is 0 Å². The van der Waals surface area contributed by atoms with Crippen molar-refractivity contribution in [2.45, 2.75) is 38.5 Å². The Morgan fingerprint density at radius 1 is 0.281 bits per heavy atom. The standard InChI is InChI=1S/C62H50N2/c1-61(2)57-21-13-11-19-53(57)55-39-37-51(41-59(55)61)64(52-38-40-56-54-20-12-14-22-58(54)62(3,4)60(56)42-52)49-33-27-44(28-34-49)24-23-43-25-29-45(30-26-43)46-31-35-50(36-32-46)63(47-15-7-5-8-16-47)48-17-9-6-10-18-48/h5-42H,1-4H3. The van der Waals surface area contributed by atoms with Crippen molar-refractivity contribution < 1.29 is 0 Å². The number of para-hydroxylation sites is 2. The molecule has 0 amide bonds. The van der Waals surface area contributed by atoms with Gasteiger partial charge in [-0.2, -0.15) is 0 Å². The first-order chi connectivity index (χ1) is 31.2. The Morgan fingerprint density at radius 3 is 1.05 bits per heavy atom. The van der Waals surface area contributed by atoms with Crippen LogP contribution in [0.1, 0.15) is 61.1 Å². The van der Waals surface area contributed by atoms with Crippen LogP contribution in [0.4, 0.5) is 34.1 Å². The van der Waals surface area contributed by atoms with E-state index in [2.05, 4.69) is 268 Å². The van der Waals surface area contributed by atoms with Gasteiger partial charge in [-0.15, -0.1) is 0 Å². The van der Waals surface area contributed by atoms with Gasteiger partial charge in [0.05, 0.1) is 0 Å². The van der Waals surface area contributed by atoms with Crippen molar-refractivity contribution in [3.8, 4) is 33.4 Å². The second-order valence-corrected chi connectivity index (χ2v) is 18.2. The van der Waals surface area contributed by atoms with Crippen molar-refractivity contribution in [1.29, 1.82) is 0 Å². The van der Waals surface area contributed by atoms with Gasteiger partial charge in [-0.1, -0.05) is 185 Å². The Hall–Kier alpha value is -7.68. The maximum absolute atomic E-state index is 2.44. The van der Waals surface area contributed by atoms with Gasteiger partial charge in [-0.05, 0) is 140 Å². The molecular formula is C62H50N2. The SMILES string of the molecule is CC1(C)c2ccccc2-c2ccc(N(c3ccc(C=Cc4ccc(-c5ccc(N(c6ccccc6)c6ccccc6)cc5)cc4)cc3)c3ccc4c(c3)C(C)(C)c3ccccc3-4)cc21. The number of hydrogen-bond acceptors (Lipinski definition) is 2. The number of rotatable bonds is 9. The Labute approximate surface area is 378 Å². The largest absolute Gasteiger partial charge is 0.311 e. The van der Waals surface area contributed by atoms with Gasteiger partial charge in [0.25, 0.3) is 0 Å². The number of fused-ring (bicyclic) bond motifs is 6. The molecule has 0 spiro atoms. The molecule has 0 saturated carbocycles. The van der Waals surface area contributed by atoms with Crippen LogP contribution in [0.5, 0.6) is 0 Å². The third-order valence-electron chi connectivity index (χ3n) is 13.7. The molecule has 0 atom stereocenters. The lowest BCUT2D eigenvalue weighted by atomic mass is 9.82. The van der Waals surface area contributed by atoms with Crippen LogP contribution in [-0.4, -0.2) is 0 Å². The first kappa shape index (κ1) is 39.2. The highest BCUT2D eigenvalue weighted by Gasteiger charge is 2.37. The number of nitrogens with zero attached hydrogens (tertiary/aromatic N) is 2. The van der Waals surface area contributed by atoms with Crippen molar-refractivity contribution in [3.05, 3.63) is 252 Å². The average Bonchev–Trinajstić information content (AvgIpc) is 3.71. The quantitative estimate of drug-likeness (QED) is 0.134. The van der Waals surface area contributed by atoms with Crippen LogP contribution in [0, 0.1) is 0 Å². The highest BCUT2D eigenvalue weighted by Crippen LogP contribution is 2.53. The highest BCUT2D eigenvalue weighted by atomic mass is 15.1. The molecule has 2 heteroatoms. The summed E-state index contributed by atoms with van der Waals surface area (Å²) in [7, 11) is 0. The fraction of sp³-hybridized carbons (Fsp3) is 0.0968. The summed E-state index contributed by atoms with van der Waals surface area (Å²) in [6.45, 7) is 9.44. The second kappa shape index (κ2) is 15.6. The molecule has 0 unspecified atom stereocenters. The Morgan fingerprint density at radius 2 is 0.594 bits per heavy atom. The molecule has 0 fully saturated rings. The van der Waals surface area contributed by atoms with Crippen LogP contribution < -0.4 is 9.80 Å².